The molecule has 3 aromatic carbocycles. The van der Waals surface area contributed by atoms with Gasteiger partial charge in [-0.15, -0.1) is 0 Å². The molecule has 5 rings (SSSR count). The molecule has 0 radical (unpaired) electrons. The van der Waals surface area contributed by atoms with Crippen molar-refractivity contribution < 1.29 is 18.6 Å². The topological polar surface area (TPSA) is 36.1 Å². The minimum atomic E-state index is 0.692. The molecule has 0 aliphatic carbocycles. The average Bonchev–Trinajstić information content (AvgIpc) is 3.43. The molecule has 0 aliphatic rings. The number of aromatic nitrogens is 4. The van der Waals surface area contributed by atoms with Gasteiger partial charge in [-0.3, -0.25) is 0 Å². The van der Waals surface area contributed by atoms with Crippen LogP contribution in [0, 0.1) is 48.5 Å². The van der Waals surface area contributed by atoms with Gasteiger partial charge in [0.2, 0.25) is 12.7 Å². The SMILES string of the molecule is COCCn1c[n+](Cc2c(C)cc(C)c(C[n+]3cn(CCOC)c4cc(C)c(C)cc43)c2C)c2cc(C)c(C)cc21. The number of rotatable bonds is 10. The maximum Gasteiger partial charge on any atom is 0.245 e. The van der Waals surface area contributed by atoms with E-state index < -0.39 is 0 Å². The standard InChI is InChI=1S/C35H46N4O2/c1-23-15-32-34(17-25(23)3)38(21-36(32)10-12-40-8)19-30-27(5)14-28(6)31(29(30)7)20-39-22-37(11-13-41-9)33-16-24(2)26(4)18-35(33)39/h14-18,21-22H,10-13,19-20H2,1-9H3/q+2. The first kappa shape index (κ1) is 29.0. The molecule has 0 aliphatic heterocycles. The van der Waals surface area contributed by atoms with Gasteiger partial charge in [0.05, 0.1) is 13.2 Å². The largest absolute Gasteiger partial charge is 0.381 e. The zero-order chi connectivity index (χ0) is 29.4. The Morgan fingerprint density at radius 3 is 1.32 bits per heavy atom. The molecule has 41 heavy (non-hydrogen) atoms. The van der Waals surface area contributed by atoms with Crippen molar-refractivity contribution in [1.29, 1.82) is 0 Å². The summed E-state index contributed by atoms with van der Waals surface area (Å²) in [4.78, 5) is 0. The zero-order valence-corrected chi connectivity index (χ0v) is 26.4. The predicted octanol–water partition coefficient (Wildman–Crippen LogP) is 5.72. The number of methoxy groups -OCH3 is 2. The molecular weight excluding hydrogens is 508 g/mol. The number of benzene rings is 3. The Bertz CT molecular complexity index is 1620. The normalized spacial score (nSPS) is 11.8. The van der Waals surface area contributed by atoms with Crippen molar-refractivity contribution in [3.8, 4) is 0 Å². The first-order chi connectivity index (χ1) is 19.6. The second-order valence-electron chi connectivity index (χ2n) is 11.8. The highest BCUT2D eigenvalue weighted by Gasteiger charge is 2.23. The molecule has 216 valence electrons. The summed E-state index contributed by atoms with van der Waals surface area (Å²) in [5.74, 6) is 0. The van der Waals surface area contributed by atoms with Crippen LogP contribution < -0.4 is 9.13 Å². The molecule has 0 saturated heterocycles. The highest BCUT2D eigenvalue weighted by molar-refractivity contribution is 5.75. The summed E-state index contributed by atoms with van der Waals surface area (Å²) in [6, 6.07) is 11.7. The number of hydrogen-bond acceptors (Lipinski definition) is 2. The van der Waals surface area contributed by atoms with Gasteiger partial charge in [-0.2, -0.15) is 0 Å². The summed E-state index contributed by atoms with van der Waals surface area (Å²) in [6.07, 6.45) is 4.54. The predicted molar refractivity (Wildman–Crippen MR) is 166 cm³/mol. The van der Waals surface area contributed by atoms with Gasteiger partial charge in [-0.25, -0.2) is 18.3 Å². The summed E-state index contributed by atoms with van der Waals surface area (Å²) >= 11 is 0. The average molecular weight is 555 g/mol. The highest BCUT2D eigenvalue weighted by Crippen LogP contribution is 2.25. The van der Waals surface area contributed by atoms with E-state index in [0.717, 1.165) is 26.2 Å². The molecule has 0 bridgehead atoms. The van der Waals surface area contributed by atoms with Gasteiger partial charge in [-0.1, -0.05) is 6.07 Å². The first-order valence-electron chi connectivity index (χ1n) is 14.7. The number of hydrogen-bond donors (Lipinski definition) is 0. The lowest BCUT2D eigenvalue weighted by atomic mass is 9.93. The Morgan fingerprint density at radius 2 is 0.927 bits per heavy atom. The van der Waals surface area contributed by atoms with E-state index in [-0.39, 0.29) is 0 Å². The first-order valence-corrected chi connectivity index (χ1v) is 14.7. The second-order valence-corrected chi connectivity index (χ2v) is 11.8. The Hall–Kier alpha value is -3.48. The molecule has 6 nitrogen and oxygen atoms in total. The van der Waals surface area contributed by atoms with Gasteiger partial charge < -0.3 is 9.47 Å². The molecule has 0 fully saturated rings. The van der Waals surface area contributed by atoms with Crippen LogP contribution >= 0.6 is 0 Å². The van der Waals surface area contributed by atoms with Gasteiger partial charge in [0.15, 0.2) is 22.1 Å². The molecule has 0 saturated carbocycles. The zero-order valence-electron chi connectivity index (χ0n) is 26.4. The lowest BCUT2D eigenvalue weighted by molar-refractivity contribution is -0.664. The monoisotopic (exact) mass is 554 g/mol. The van der Waals surface area contributed by atoms with E-state index >= 15 is 0 Å². The van der Waals surface area contributed by atoms with Crippen molar-refractivity contribution in [2.24, 2.45) is 0 Å². The van der Waals surface area contributed by atoms with E-state index in [9.17, 15) is 0 Å². The quantitative estimate of drug-likeness (QED) is 0.207. The van der Waals surface area contributed by atoms with E-state index in [2.05, 4.69) is 110 Å². The van der Waals surface area contributed by atoms with Crippen LogP contribution in [-0.2, 0) is 35.7 Å². The molecule has 0 atom stereocenters. The third-order valence-corrected chi connectivity index (χ3v) is 9.00. The minimum absolute atomic E-state index is 0.692. The lowest BCUT2D eigenvalue weighted by Crippen LogP contribution is -2.36. The smallest absolute Gasteiger partial charge is 0.245 e. The molecule has 0 N–H and O–H groups in total. The minimum Gasteiger partial charge on any atom is -0.381 e. The summed E-state index contributed by atoms with van der Waals surface area (Å²) in [5.41, 5.74) is 17.2. The number of imidazole rings is 2. The van der Waals surface area contributed by atoms with E-state index in [4.69, 9.17) is 9.47 Å². The van der Waals surface area contributed by atoms with Gasteiger partial charge >= 0.3 is 0 Å². The Kier molecular flexibility index (Phi) is 8.35. The molecule has 6 heteroatoms. The van der Waals surface area contributed by atoms with Crippen LogP contribution in [0.5, 0.6) is 0 Å². The van der Waals surface area contributed by atoms with Crippen LogP contribution in [0.3, 0.4) is 0 Å². The van der Waals surface area contributed by atoms with Crippen LogP contribution in [0.1, 0.15) is 50.1 Å². The molecule has 0 amide bonds. The summed E-state index contributed by atoms with van der Waals surface area (Å²) in [6.45, 7) is 20.4. The summed E-state index contributed by atoms with van der Waals surface area (Å²) in [5, 5.41) is 0. The molecular formula is C35H46N4O2+2. The van der Waals surface area contributed by atoms with Crippen LogP contribution in [0.15, 0.2) is 43.0 Å². The Balaban J connectivity index is 1.58. The fourth-order valence-corrected chi connectivity index (χ4v) is 6.16. The van der Waals surface area contributed by atoms with Gasteiger partial charge in [0.25, 0.3) is 0 Å². The van der Waals surface area contributed by atoms with Crippen molar-refractivity contribution in [3.63, 3.8) is 0 Å². The maximum atomic E-state index is 5.43. The molecule has 0 unspecified atom stereocenters. The van der Waals surface area contributed by atoms with Crippen molar-refractivity contribution in [3.05, 3.63) is 93.1 Å². The van der Waals surface area contributed by atoms with E-state index in [1.807, 2.05) is 0 Å². The molecule has 0 spiro atoms. The van der Waals surface area contributed by atoms with Crippen molar-refractivity contribution >= 4 is 22.1 Å². The van der Waals surface area contributed by atoms with Crippen LogP contribution in [-0.4, -0.2) is 36.6 Å². The summed E-state index contributed by atoms with van der Waals surface area (Å²) < 4.78 is 20.4. The lowest BCUT2D eigenvalue weighted by Gasteiger charge is -2.16. The number of ether oxygens (including phenoxy) is 2. The van der Waals surface area contributed by atoms with E-state index in [0.29, 0.717) is 13.2 Å². The summed E-state index contributed by atoms with van der Waals surface area (Å²) in [7, 11) is 3.54. The number of fused-ring (bicyclic) bond motifs is 2. The fourth-order valence-electron chi connectivity index (χ4n) is 6.16. The molecule has 5 aromatic rings. The van der Waals surface area contributed by atoms with Crippen LogP contribution in [0.25, 0.3) is 22.1 Å². The van der Waals surface area contributed by atoms with Crippen molar-refractivity contribution in [2.75, 3.05) is 27.4 Å². The second kappa shape index (κ2) is 11.8. The molecule has 2 heterocycles. The van der Waals surface area contributed by atoms with Crippen LogP contribution in [0.4, 0.5) is 0 Å². The van der Waals surface area contributed by atoms with E-state index in [1.165, 1.54) is 72.1 Å². The van der Waals surface area contributed by atoms with Crippen LogP contribution in [0.2, 0.25) is 0 Å². The van der Waals surface area contributed by atoms with Gasteiger partial charge in [0.1, 0.15) is 26.2 Å². The maximum absolute atomic E-state index is 5.43. The number of aryl methyl sites for hydroxylation is 6. The number of nitrogens with zero attached hydrogens (tertiary/aromatic N) is 4. The Labute approximate surface area is 244 Å². The molecule has 2 aromatic heterocycles. The van der Waals surface area contributed by atoms with E-state index in [1.54, 1.807) is 14.2 Å². The highest BCUT2D eigenvalue weighted by atomic mass is 16.5. The van der Waals surface area contributed by atoms with Crippen molar-refractivity contribution in [1.82, 2.24) is 9.13 Å². The third-order valence-electron chi connectivity index (χ3n) is 9.00. The fraction of sp³-hybridized carbons (Fsp3) is 0.429. The van der Waals surface area contributed by atoms with Crippen molar-refractivity contribution in [2.45, 2.75) is 74.6 Å². The van der Waals surface area contributed by atoms with Gasteiger partial charge in [0, 0.05) is 14.2 Å². The Morgan fingerprint density at radius 1 is 0.537 bits per heavy atom. The van der Waals surface area contributed by atoms with Gasteiger partial charge in [-0.05, 0) is 123 Å². The third kappa shape index (κ3) is 5.55.